The summed E-state index contributed by atoms with van der Waals surface area (Å²) in [5.41, 5.74) is 2.29. The third-order valence-electron chi connectivity index (χ3n) is 5.81. The molecule has 1 fully saturated rings. The van der Waals surface area contributed by atoms with Crippen molar-refractivity contribution in [3.63, 3.8) is 0 Å². The zero-order valence-corrected chi connectivity index (χ0v) is 18.4. The van der Waals surface area contributed by atoms with E-state index in [1.54, 1.807) is 12.1 Å². The average molecular weight is 437 g/mol. The smallest absolute Gasteiger partial charge is 0.293 e. The summed E-state index contributed by atoms with van der Waals surface area (Å²) < 4.78 is 1.99. The number of amides is 1. The molecule has 0 spiro atoms. The normalized spacial score (nSPS) is 13.5. The van der Waals surface area contributed by atoms with Crippen LogP contribution in [0.3, 0.4) is 0 Å². The summed E-state index contributed by atoms with van der Waals surface area (Å²) in [4.78, 5) is 31.0. The molecule has 3 aromatic rings. The number of carbonyl (C=O) groups is 1. The summed E-state index contributed by atoms with van der Waals surface area (Å²) in [5, 5.41) is 17.6. The lowest BCUT2D eigenvalue weighted by molar-refractivity contribution is -0.384. The number of hydrogen-bond acceptors (Lipinski definition) is 6. The van der Waals surface area contributed by atoms with Gasteiger partial charge < -0.3 is 14.8 Å². The summed E-state index contributed by atoms with van der Waals surface area (Å²) in [6.45, 7) is 7.61. The fraction of sp³-hybridized carbons (Fsp3) is 0.391. The number of nitro groups is 1. The lowest BCUT2D eigenvalue weighted by atomic mass is 10.1. The lowest BCUT2D eigenvalue weighted by Gasteiger charge is -2.19. The molecule has 0 aliphatic heterocycles. The quantitative estimate of drug-likeness (QED) is 0.366. The molecule has 0 bridgehead atoms. The number of nitrogens with one attached hydrogen (secondary N) is 2. The first-order chi connectivity index (χ1) is 15.5. The van der Waals surface area contributed by atoms with Crippen molar-refractivity contribution < 1.29 is 9.72 Å². The summed E-state index contributed by atoms with van der Waals surface area (Å²) in [7, 11) is 0. The van der Waals surface area contributed by atoms with Crippen LogP contribution in [0.5, 0.6) is 0 Å². The first-order valence-electron chi connectivity index (χ1n) is 11.0. The Morgan fingerprint density at radius 3 is 2.66 bits per heavy atom. The van der Waals surface area contributed by atoms with E-state index < -0.39 is 10.8 Å². The molecule has 1 saturated carbocycles. The molecule has 2 aromatic carbocycles. The molecule has 0 atom stereocenters. The Bertz CT molecular complexity index is 1130. The highest BCUT2D eigenvalue weighted by molar-refractivity contribution is 6.05. The van der Waals surface area contributed by atoms with Gasteiger partial charge in [0.15, 0.2) is 0 Å². The SMILES string of the molecule is CCN(CC)CCn1c(NC(=O)c2ccc(NC3CC3)c([N+](=O)[O-])c2)nc2ccccc21. The van der Waals surface area contributed by atoms with Crippen LogP contribution in [0.2, 0.25) is 0 Å². The molecule has 4 rings (SSSR count). The Balaban J connectivity index is 1.60. The maximum Gasteiger partial charge on any atom is 0.293 e. The van der Waals surface area contributed by atoms with Gasteiger partial charge in [-0.2, -0.15) is 0 Å². The number of imidazole rings is 1. The van der Waals surface area contributed by atoms with Crippen LogP contribution in [-0.4, -0.2) is 51.0 Å². The molecule has 1 amide bonds. The van der Waals surface area contributed by atoms with E-state index >= 15 is 0 Å². The number of benzene rings is 2. The topological polar surface area (TPSA) is 105 Å². The average Bonchev–Trinajstić information content (AvgIpc) is 3.54. The summed E-state index contributed by atoms with van der Waals surface area (Å²) in [5.74, 6) is 0.0108. The number of fused-ring (bicyclic) bond motifs is 1. The van der Waals surface area contributed by atoms with Gasteiger partial charge in [-0.25, -0.2) is 4.98 Å². The molecule has 2 N–H and O–H groups in total. The van der Waals surface area contributed by atoms with Crippen molar-refractivity contribution >= 4 is 34.3 Å². The van der Waals surface area contributed by atoms with Crippen LogP contribution in [0.15, 0.2) is 42.5 Å². The van der Waals surface area contributed by atoms with Crippen LogP contribution in [-0.2, 0) is 6.54 Å². The summed E-state index contributed by atoms with van der Waals surface area (Å²) >= 11 is 0. The molecular formula is C23H28N6O3. The zero-order valence-electron chi connectivity index (χ0n) is 18.4. The van der Waals surface area contributed by atoms with Crippen molar-refractivity contribution in [2.75, 3.05) is 30.3 Å². The van der Waals surface area contributed by atoms with E-state index in [1.165, 1.54) is 6.07 Å². The summed E-state index contributed by atoms with van der Waals surface area (Å²) in [6.07, 6.45) is 2.01. The molecule has 1 aliphatic rings. The molecule has 1 aliphatic carbocycles. The highest BCUT2D eigenvalue weighted by Gasteiger charge is 2.26. The Morgan fingerprint density at radius 2 is 1.97 bits per heavy atom. The molecule has 0 unspecified atom stereocenters. The largest absolute Gasteiger partial charge is 0.377 e. The van der Waals surface area contributed by atoms with E-state index in [-0.39, 0.29) is 17.3 Å². The van der Waals surface area contributed by atoms with Crippen LogP contribution in [0.1, 0.15) is 37.0 Å². The fourth-order valence-corrected chi connectivity index (χ4v) is 3.75. The molecule has 1 aromatic heterocycles. The maximum absolute atomic E-state index is 13.0. The number of carbonyl (C=O) groups excluding carboxylic acids is 1. The number of aromatic nitrogens is 2. The zero-order chi connectivity index (χ0) is 22.7. The predicted molar refractivity (Wildman–Crippen MR) is 125 cm³/mol. The number of rotatable bonds is 10. The van der Waals surface area contributed by atoms with E-state index in [0.29, 0.717) is 18.2 Å². The van der Waals surface area contributed by atoms with Gasteiger partial charge in [0, 0.05) is 30.8 Å². The Morgan fingerprint density at radius 1 is 1.22 bits per heavy atom. The van der Waals surface area contributed by atoms with Gasteiger partial charge in [0.1, 0.15) is 5.69 Å². The first-order valence-corrected chi connectivity index (χ1v) is 11.0. The molecule has 0 radical (unpaired) electrons. The molecule has 1 heterocycles. The van der Waals surface area contributed by atoms with Crippen molar-refractivity contribution in [1.29, 1.82) is 0 Å². The first kappa shape index (κ1) is 21.8. The molecule has 9 nitrogen and oxygen atoms in total. The number of anilines is 2. The van der Waals surface area contributed by atoms with Gasteiger partial charge in [0.05, 0.1) is 16.0 Å². The minimum Gasteiger partial charge on any atom is -0.377 e. The number of likely N-dealkylation sites (N-methyl/N-ethyl adjacent to an activating group) is 1. The van der Waals surface area contributed by atoms with E-state index in [9.17, 15) is 14.9 Å². The highest BCUT2D eigenvalue weighted by atomic mass is 16.6. The third-order valence-corrected chi connectivity index (χ3v) is 5.81. The Labute approximate surface area is 186 Å². The van der Waals surface area contributed by atoms with Gasteiger partial charge >= 0.3 is 0 Å². The van der Waals surface area contributed by atoms with Gasteiger partial charge in [0.25, 0.3) is 11.6 Å². The van der Waals surface area contributed by atoms with Crippen LogP contribution in [0.25, 0.3) is 11.0 Å². The van der Waals surface area contributed by atoms with Gasteiger partial charge in [-0.05, 0) is 50.2 Å². The summed E-state index contributed by atoms with van der Waals surface area (Å²) in [6, 6.07) is 12.5. The van der Waals surface area contributed by atoms with Crippen LogP contribution in [0.4, 0.5) is 17.3 Å². The lowest BCUT2D eigenvalue weighted by Crippen LogP contribution is -2.27. The maximum atomic E-state index is 13.0. The van der Waals surface area contributed by atoms with Crippen molar-refractivity contribution in [2.24, 2.45) is 0 Å². The van der Waals surface area contributed by atoms with Gasteiger partial charge in [-0.1, -0.05) is 26.0 Å². The van der Waals surface area contributed by atoms with Crippen molar-refractivity contribution in [2.45, 2.75) is 39.3 Å². The Kier molecular flexibility index (Phi) is 6.36. The molecule has 168 valence electrons. The van der Waals surface area contributed by atoms with Crippen molar-refractivity contribution in [1.82, 2.24) is 14.5 Å². The van der Waals surface area contributed by atoms with Crippen molar-refractivity contribution in [3.05, 3.63) is 58.1 Å². The van der Waals surface area contributed by atoms with Gasteiger partial charge in [-0.15, -0.1) is 0 Å². The molecular weight excluding hydrogens is 408 g/mol. The van der Waals surface area contributed by atoms with E-state index in [1.807, 2.05) is 28.8 Å². The minimum atomic E-state index is -0.458. The third kappa shape index (κ3) is 4.72. The number of nitro benzene ring substituents is 1. The van der Waals surface area contributed by atoms with Gasteiger partial charge in [0.2, 0.25) is 5.95 Å². The number of nitrogens with zero attached hydrogens (tertiary/aromatic N) is 4. The highest BCUT2D eigenvalue weighted by Crippen LogP contribution is 2.32. The standard InChI is InChI=1S/C23H28N6O3/c1-3-27(4-2)13-14-28-20-8-6-5-7-18(20)25-23(28)26-22(30)16-9-12-19(24-17-10-11-17)21(15-16)29(31)32/h5-9,12,15,17,24H,3-4,10-11,13-14H2,1-2H3,(H,25,26,30). The van der Waals surface area contributed by atoms with E-state index in [4.69, 9.17) is 0 Å². The van der Waals surface area contributed by atoms with Crippen molar-refractivity contribution in [3.8, 4) is 0 Å². The number of hydrogen-bond donors (Lipinski definition) is 2. The van der Waals surface area contributed by atoms with Crippen LogP contribution in [0, 0.1) is 10.1 Å². The minimum absolute atomic E-state index is 0.0976. The molecule has 32 heavy (non-hydrogen) atoms. The predicted octanol–water partition coefficient (Wildman–Crippen LogP) is 4.11. The molecule has 0 saturated heterocycles. The van der Waals surface area contributed by atoms with E-state index in [2.05, 4.69) is 34.4 Å². The van der Waals surface area contributed by atoms with Crippen LogP contribution < -0.4 is 10.6 Å². The van der Waals surface area contributed by atoms with E-state index in [0.717, 1.165) is 43.5 Å². The van der Waals surface area contributed by atoms with Gasteiger partial charge in [-0.3, -0.25) is 20.2 Å². The Hall–Kier alpha value is -3.46. The second-order valence-electron chi connectivity index (χ2n) is 7.96. The second-order valence-corrected chi connectivity index (χ2v) is 7.96. The number of para-hydroxylation sites is 2. The monoisotopic (exact) mass is 436 g/mol. The second kappa shape index (κ2) is 9.35. The fourth-order valence-electron chi connectivity index (χ4n) is 3.75. The van der Waals surface area contributed by atoms with Crippen LogP contribution >= 0.6 is 0 Å². The molecule has 9 heteroatoms.